The first kappa shape index (κ1) is 17.2. The van der Waals surface area contributed by atoms with Gasteiger partial charge in [-0.1, -0.05) is 12.1 Å². The molecule has 1 atom stereocenters. The monoisotopic (exact) mass is 397 g/mol. The summed E-state index contributed by atoms with van der Waals surface area (Å²) >= 11 is 0. The maximum Gasteiger partial charge on any atom is 0.323 e. The third kappa shape index (κ3) is 2.83. The molecule has 3 N–H and O–H groups in total. The molecule has 0 radical (unpaired) electrons. The molecule has 5 rings (SSSR count). The number of aromatic amines is 3. The van der Waals surface area contributed by atoms with Crippen molar-refractivity contribution in [1.82, 2.24) is 24.2 Å². The molecule has 1 aliphatic rings. The van der Waals surface area contributed by atoms with E-state index >= 15 is 0 Å². The van der Waals surface area contributed by atoms with E-state index in [9.17, 15) is 13.2 Å². The molecule has 0 spiro atoms. The maximum absolute atomic E-state index is 13.2. The summed E-state index contributed by atoms with van der Waals surface area (Å²) in [5, 5.41) is 0. The molecule has 0 bridgehead atoms. The summed E-state index contributed by atoms with van der Waals surface area (Å²) < 4.78 is 27.9. The lowest BCUT2D eigenvalue weighted by Crippen LogP contribution is -2.39. The minimum absolute atomic E-state index is 0.0201. The van der Waals surface area contributed by atoms with Crippen molar-refractivity contribution in [2.24, 2.45) is 0 Å². The van der Waals surface area contributed by atoms with Gasteiger partial charge in [0.2, 0.25) is 10.0 Å². The summed E-state index contributed by atoms with van der Waals surface area (Å²) in [6.45, 7) is 0.852. The highest BCUT2D eigenvalue weighted by atomic mass is 32.2. The van der Waals surface area contributed by atoms with Gasteiger partial charge in [0.1, 0.15) is 5.82 Å². The van der Waals surface area contributed by atoms with Gasteiger partial charge >= 0.3 is 5.69 Å². The molecular weight excluding hydrogens is 378 g/mol. The Hall–Kier alpha value is -2.91. The number of aromatic nitrogens is 4. The van der Waals surface area contributed by atoms with Crippen LogP contribution < -0.4 is 5.69 Å². The summed E-state index contributed by atoms with van der Waals surface area (Å²) in [6.07, 6.45) is 1.65. The topological polar surface area (TPSA) is 115 Å². The molecule has 2 aromatic carbocycles. The van der Waals surface area contributed by atoms with Crippen LogP contribution in [0.1, 0.15) is 24.6 Å². The number of para-hydroxylation sites is 2. The molecule has 0 aliphatic carbocycles. The van der Waals surface area contributed by atoms with Crippen molar-refractivity contribution in [3.8, 4) is 0 Å². The fourth-order valence-corrected chi connectivity index (χ4v) is 5.42. The Balaban J connectivity index is 1.46. The van der Waals surface area contributed by atoms with E-state index in [1.54, 1.807) is 6.07 Å². The SMILES string of the molecule is O=c1[nH]c2ccc(S(=O)(=O)N3CCCC(c4nc5ccccc5[nH]4)C3)cc2[nH]1. The van der Waals surface area contributed by atoms with Crippen LogP contribution >= 0.6 is 0 Å². The van der Waals surface area contributed by atoms with Gasteiger partial charge in [-0.2, -0.15) is 4.31 Å². The number of imidazole rings is 2. The van der Waals surface area contributed by atoms with E-state index in [0.29, 0.717) is 24.1 Å². The number of benzene rings is 2. The van der Waals surface area contributed by atoms with E-state index in [-0.39, 0.29) is 16.5 Å². The van der Waals surface area contributed by atoms with Crippen LogP contribution in [0.2, 0.25) is 0 Å². The van der Waals surface area contributed by atoms with Crippen molar-refractivity contribution in [2.45, 2.75) is 23.7 Å². The molecule has 144 valence electrons. The quantitative estimate of drug-likeness (QED) is 0.492. The van der Waals surface area contributed by atoms with Crippen molar-refractivity contribution in [2.75, 3.05) is 13.1 Å². The van der Waals surface area contributed by atoms with E-state index in [0.717, 1.165) is 29.7 Å². The lowest BCUT2D eigenvalue weighted by atomic mass is 9.99. The van der Waals surface area contributed by atoms with Gasteiger partial charge in [0, 0.05) is 19.0 Å². The van der Waals surface area contributed by atoms with Crippen LogP contribution in [0.4, 0.5) is 0 Å². The molecule has 4 aromatic rings. The Labute approximate surface area is 160 Å². The van der Waals surface area contributed by atoms with E-state index in [4.69, 9.17) is 0 Å². The van der Waals surface area contributed by atoms with Crippen LogP contribution in [0.15, 0.2) is 52.2 Å². The molecule has 9 heteroatoms. The standard InChI is InChI=1S/C19H19N5O3S/c25-19-22-16-8-7-13(10-17(16)23-19)28(26,27)24-9-3-4-12(11-24)18-20-14-5-1-2-6-15(14)21-18/h1-2,5-8,10,12H,3-4,9,11H2,(H,20,21)(H2,22,23,25). The third-order valence-corrected chi connectivity index (χ3v) is 7.16. The molecule has 0 amide bonds. The normalized spacial score (nSPS) is 18.8. The number of H-pyrrole nitrogens is 3. The Bertz CT molecular complexity index is 1300. The van der Waals surface area contributed by atoms with Crippen molar-refractivity contribution in [1.29, 1.82) is 0 Å². The smallest absolute Gasteiger partial charge is 0.323 e. The number of hydrogen-bond acceptors (Lipinski definition) is 4. The second-order valence-corrected chi connectivity index (χ2v) is 9.07. The number of sulfonamides is 1. The average molecular weight is 397 g/mol. The molecule has 1 aliphatic heterocycles. The number of fused-ring (bicyclic) bond motifs is 2. The lowest BCUT2D eigenvalue weighted by molar-refractivity contribution is 0.310. The Kier molecular flexibility index (Phi) is 3.88. The molecule has 1 unspecified atom stereocenters. The van der Waals surface area contributed by atoms with Gasteiger partial charge in [-0.3, -0.25) is 0 Å². The number of rotatable bonds is 3. The molecule has 1 fully saturated rings. The van der Waals surface area contributed by atoms with E-state index < -0.39 is 10.0 Å². The zero-order valence-electron chi connectivity index (χ0n) is 15.0. The summed E-state index contributed by atoms with van der Waals surface area (Å²) in [6, 6.07) is 12.4. The van der Waals surface area contributed by atoms with Gasteiger partial charge in [-0.25, -0.2) is 18.2 Å². The molecular formula is C19H19N5O3S. The average Bonchev–Trinajstić information content (AvgIpc) is 3.29. The predicted octanol–water partition coefficient (Wildman–Crippen LogP) is 2.30. The summed E-state index contributed by atoms with van der Waals surface area (Å²) in [4.78, 5) is 24.8. The fraction of sp³-hybridized carbons (Fsp3) is 0.263. The van der Waals surface area contributed by atoms with Crippen LogP contribution in [-0.4, -0.2) is 45.7 Å². The first-order valence-corrected chi connectivity index (χ1v) is 10.6. The van der Waals surface area contributed by atoms with Crippen LogP contribution in [0.5, 0.6) is 0 Å². The Morgan fingerprint density at radius 1 is 1.00 bits per heavy atom. The predicted molar refractivity (Wildman–Crippen MR) is 106 cm³/mol. The van der Waals surface area contributed by atoms with E-state index in [1.807, 2.05) is 24.3 Å². The molecule has 28 heavy (non-hydrogen) atoms. The number of piperidine rings is 1. The molecule has 8 nitrogen and oxygen atoms in total. The maximum atomic E-state index is 13.2. The summed E-state index contributed by atoms with van der Waals surface area (Å²) in [7, 11) is -3.66. The lowest BCUT2D eigenvalue weighted by Gasteiger charge is -2.31. The molecule has 1 saturated heterocycles. The first-order chi connectivity index (χ1) is 13.5. The third-order valence-electron chi connectivity index (χ3n) is 5.30. The molecule has 3 heterocycles. The minimum Gasteiger partial charge on any atom is -0.342 e. The number of hydrogen-bond donors (Lipinski definition) is 3. The highest BCUT2D eigenvalue weighted by Gasteiger charge is 2.32. The molecule has 2 aromatic heterocycles. The highest BCUT2D eigenvalue weighted by molar-refractivity contribution is 7.89. The van der Waals surface area contributed by atoms with Gasteiger partial charge in [0.15, 0.2) is 0 Å². The minimum atomic E-state index is -3.66. The van der Waals surface area contributed by atoms with Crippen LogP contribution in [0.25, 0.3) is 22.1 Å². The Morgan fingerprint density at radius 2 is 1.82 bits per heavy atom. The summed E-state index contributed by atoms with van der Waals surface area (Å²) in [5.41, 5.74) is 2.56. The largest absolute Gasteiger partial charge is 0.342 e. The van der Waals surface area contributed by atoms with Gasteiger partial charge in [0.05, 0.1) is 27.0 Å². The zero-order valence-corrected chi connectivity index (χ0v) is 15.8. The van der Waals surface area contributed by atoms with E-state index in [2.05, 4.69) is 19.9 Å². The van der Waals surface area contributed by atoms with Crippen molar-refractivity contribution < 1.29 is 8.42 Å². The van der Waals surface area contributed by atoms with Gasteiger partial charge in [0.25, 0.3) is 0 Å². The van der Waals surface area contributed by atoms with Crippen molar-refractivity contribution in [3.05, 3.63) is 58.8 Å². The van der Waals surface area contributed by atoms with E-state index in [1.165, 1.54) is 16.4 Å². The van der Waals surface area contributed by atoms with Crippen molar-refractivity contribution >= 4 is 32.1 Å². The van der Waals surface area contributed by atoms with Crippen LogP contribution in [-0.2, 0) is 10.0 Å². The molecule has 0 saturated carbocycles. The van der Waals surface area contributed by atoms with Gasteiger partial charge in [-0.15, -0.1) is 0 Å². The van der Waals surface area contributed by atoms with Gasteiger partial charge < -0.3 is 15.0 Å². The second-order valence-electron chi connectivity index (χ2n) is 7.13. The fourth-order valence-electron chi connectivity index (χ4n) is 3.87. The number of nitrogens with one attached hydrogen (secondary N) is 3. The van der Waals surface area contributed by atoms with Crippen molar-refractivity contribution in [3.63, 3.8) is 0 Å². The zero-order chi connectivity index (χ0) is 19.3. The Morgan fingerprint density at radius 3 is 2.68 bits per heavy atom. The number of nitrogens with zero attached hydrogens (tertiary/aromatic N) is 2. The summed E-state index contributed by atoms with van der Waals surface area (Å²) in [5.74, 6) is 0.846. The highest BCUT2D eigenvalue weighted by Crippen LogP contribution is 2.30. The first-order valence-electron chi connectivity index (χ1n) is 9.17. The second kappa shape index (κ2) is 6.32. The van der Waals surface area contributed by atoms with Gasteiger partial charge in [-0.05, 0) is 43.2 Å². The van der Waals surface area contributed by atoms with Crippen LogP contribution in [0.3, 0.4) is 0 Å². The van der Waals surface area contributed by atoms with Crippen LogP contribution in [0, 0.1) is 0 Å².